The van der Waals surface area contributed by atoms with Crippen LogP contribution in [0.4, 0.5) is 17.3 Å². The molecule has 1 amide bonds. The van der Waals surface area contributed by atoms with Gasteiger partial charge in [-0.3, -0.25) is 9.69 Å². The number of aryl methyl sites for hydroxylation is 1. The summed E-state index contributed by atoms with van der Waals surface area (Å²) in [5.74, 6) is 2.60. The summed E-state index contributed by atoms with van der Waals surface area (Å²) >= 11 is 0. The molecule has 0 aromatic carbocycles. The second-order valence-corrected chi connectivity index (χ2v) is 7.40. The third-order valence-electron chi connectivity index (χ3n) is 5.26. The average Bonchev–Trinajstić information content (AvgIpc) is 3.41. The van der Waals surface area contributed by atoms with Gasteiger partial charge in [-0.25, -0.2) is 15.0 Å². The summed E-state index contributed by atoms with van der Waals surface area (Å²) in [4.78, 5) is 27.2. The van der Waals surface area contributed by atoms with Crippen molar-refractivity contribution in [1.29, 1.82) is 0 Å². The van der Waals surface area contributed by atoms with E-state index in [0.29, 0.717) is 18.1 Å². The predicted molar refractivity (Wildman–Crippen MR) is 106 cm³/mol. The number of nitrogens with one attached hydrogen (secondary N) is 1. The lowest BCUT2D eigenvalue weighted by atomic mass is 10.2. The molecule has 0 atom stereocenters. The lowest BCUT2D eigenvalue weighted by molar-refractivity contribution is -0.121. The minimum atomic E-state index is -0.0742. The van der Waals surface area contributed by atoms with Crippen molar-refractivity contribution in [2.45, 2.75) is 33.2 Å². The van der Waals surface area contributed by atoms with Crippen molar-refractivity contribution in [3.05, 3.63) is 30.4 Å². The quantitative estimate of drug-likeness (QED) is 0.735. The maximum absolute atomic E-state index is 11.9. The zero-order valence-corrected chi connectivity index (χ0v) is 16.0. The van der Waals surface area contributed by atoms with Crippen LogP contribution in [0.3, 0.4) is 0 Å². The van der Waals surface area contributed by atoms with Gasteiger partial charge in [-0.1, -0.05) is 0 Å². The molecular weight excluding hydrogens is 356 g/mol. The van der Waals surface area contributed by atoms with Crippen molar-refractivity contribution < 1.29 is 9.53 Å². The van der Waals surface area contributed by atoms with Gasteiger partial charge >= 0.3 is 0 Å². The first kappa shape index (κ1) is 17.0. The number of pyridine rings is 2. The zero-order valence-electron chi connectivity index (χ0n) is 16.0. The Bertz CT molecular complexity index is 1070. The summed E-state index contributed by atoms with van der Waals surface area (Å²) < 4.78 is 7.78. The summed E-state index contributed by atoms with van der Waals surface area (Å²) in [6.45, 7) is 5.51. The van der Waals surface area contributed by atoms with Crippen molar-refractivity contribution in [2.24, 2.45) is 5.92 Å². The van der Waals surface area contributed by atoms with Gasteiger partial charge in [-0.05, 0) is 32.6 Å². The number of rotatable bonds is 5. The van der Waals surface area contributed by atoms with Gasteiger partial charge in [0.15, 0.2) is 18.2 Å². The molecule has 2 aliphatic rings. The second kappa shape index (κ2) is 6.47. The van der Waals surface area contributed by atoms with E-state index in [1.165, 1.54) is 12.8 Å². The van der Waals surface area contributed by atoms with Gasteiger partial charge in [-0.15, -0.1) is 0 Å². The van der Waals surface area contributed by atoms with E-state index < -0.39 is 0 Å². The molecule has 3 aromatic rings. The minimum absolute atomic E-state index is 0.0373. The smallest absolute Gasteiger partial charge is 0.266 e. The molecule has 0 bridgehead atoms. The molecule has 1 aliphatic carbocycles. The zero-order chi connectivity index (χ0) is 19.3. The molecule has 0 saturated heterocycles. The van der Waals surface area contributed by atoms with Gasteiger partial charge in [-0.2, -0.15) is 0 Å². The SMILES string of the molecule is CCN1C(=O)COc2cc(Nc3cc4c(ncn4CC4CC4)c(C)n3)cnc21. The highest BCUT2D eigenvalue weighted by molar-refractivity contribution is 5.96. The summed E-state index contributed by atoms with van der Waals surface area (Å²) in [6.07, 6.45) is 6.21. The molecule has 144 valence electrons. The van der Waals surface area contributed by atoms with Crippen LogP contribution in [0.25, 0.3) is 11.0 Å². The second-order valence-electron chi connectivity index (χ2n) is 7.40. The molecule has 1 fully saturated rings. The number of imidazole rings is 1. The van der Waals surface area contributed by atoms with Crippen molar-refractivity contribution in [1.82, 2.24) is 19.5 Å². The highest BCUT2D eigenvalue weighted by Gasteiger charge is 2.26. The molecule has 5 rings (SSSR count). The monoisotopic (exact) mass is 378 g/mol. The molecule has 28 heavy (non-hydrogen) atoms. The minimum Gasteiger partial charge on any atom is -0.480 e. The topological polar surface area (TPSA) is 85.2 Å². The molecule has 0 spiro atoms. The lowest BCUT2D eigenvalue weighted by Crippen LogP contribution is -2.39. The fourth-order valence-corrected chi connectivity index (χ4v) is 3.63. The molecule has 1 saturated carbocycles. The molecule has 4 heterocycles. The predicted octanol–water partition coefficient (Wildman–Crippen LogP) is 3.03. The van der Waals surface area contributed by atoms with Gasteiger partial charge < -0.3 is 14.6 Å². The first-order valence-electron chi connectivity index (χ1n) is 9.65. The highest BCUT2D eigenvalue weighted by Crippen LogP contribution is 2.34. The van der Waals surface area contributed by atoms with E-state index >= 15 is 0 Å². The van der Waals surface area contributed by atoms with E-state index in [2.05, 4.69) is 24.8 Å². The van der Waals surface area contributed by atoms with Crippen LogP contribution >= 0.6 is 0 Å². The number of aromatic nitrogens is 4. The van der Waals surface area contributed by atoms with E-state index in [0.717, 1.165) is 40.7 Å². The maximum atomic E-state index is 11.9. The number of carbonyl (C=O) groups excluding carboxylic acids is 1. The summed E-state index contributed by atoms with van der Waals surface area (Å²) in [6, 6.07) is 3.89. The Balaban J connectivity index is 1.46. The number of ether oxygens (including phenoxy) is 1. The Kier molecular flexibility index (Phi) is 3.92. The van der Waals surface area contributed by atoms with Gasteiger partial charge in [0.25, 0.3) is 5.91 Å². The van der Waals surface area contributed by atoms with Gasteiger partial charge in [0.2, 0.25) is 0 Å². The number of hydrogen-bond acceptors (Lipinski definition) is 6. The fourth-order valence-electron chi connectivity index (χ4n) is 3.63. The normalized spacial score (nSPS) is 16.2. The van der Waals surface area contributed by atoms with Gasteiger partial charge in [0, 0.05) is 25.2 Å². The maximum Gasteiger partial charge on any atom is 0.266 e. The first-order chi connectivity index (χ1) is 13.6. The van der Waals surface area contributed by atoms with E-state index in [1.54, 1.807) is 11.1 Å². The molecule has 3 aromatic heterocycles. The standard InChI is InChI=1S/C20H22N6O2/c1-3-26-18(27)10-28-16-6-14(8-21-20(16)26)24-17-7-15-19(12(2)23-17)22-11-25(15)9-13-4-5-13/h6-8,11,13H,3-5,9-10H2,1-2H3,(H,23,24). The Labute approximate surface area is 162 Å². The van der Waals surface area contributed by atoms with Crippen LogP contribution in [0.5, 0.6) is 5.75 Å². The molecule has 8 heteroatoms. The van der Waals surface area contributed by atoms with Crippen molar-refractivity contribution >= 4 is 34.3 Å². The van der Waals surface area contributed by atoms with Crippen LogP contribution in [0.15, 0.2) is 24.7 Å². The number of nitrogens with zero attached hydrogens (tertiary/aromatic N) is 5. The van der Waals surface area contributed by atoms with Crippen molar-refractivity contribution in [3.8, 4) is 5.75 Å². The molecule has 1 N–H and O–H groups in total. The van der Waals surface area contributed by atoms with E-state index in [-0.39, 0.29) is 12.5 Å². The number of likely N-dealkylation sites (N-methyl/N-ethyl adjacent to an activating group) is 1. The van der Waals surface area contributed by atoms with Gasteiger partial charge in [0.05, 0.1) is 29.4 Å². The third kappa shape index (κ3) is 2.94. The van der Waals surface area contributed by atoms with Crippen molar-refractivity contribution in [2.75, 3.05) is 23.4 Å². The summed E-state index contributed by atoms with van der Waals surface area (Å²) in [7, 11) is 0. The summed E-state index contributed by atoms with van der Waals surface area (Å²) in [5.41, 5.74) is 3.69. The Hall–Kier alpha value is -3.16. The van der Waals surface area contributed by atoms with Crippen LogP contribution in [-0.2, 0) is 11.3 Å². The van der Waals surface area contributed by atoms with Crippen LogP contribution in [0.1, 0.15) is 25.5 Å². The van der Waals surface area contributed by atoms with Crippen LogP contribution < -0.4 is 15.0 Å². The Morgan fingerprint density at radius 3 is 2.93 bits per heavy atom. The molecular formula is C20H22N6O2. The number of amides is 1. The lowest BCUT2D eigenvalue weighted by Gasteiger charge is -2.27. The summed E-state index contributed by atoms with van der Waals surface area (Å²) in [5, 5.41) is 3.32. The molecule has 0 unspecified atom stereocenters. The van der Waals surface area contributed by atoms with Crippen LogP contribution in [0.2, 0.25) is 0 Å². The Morgan fingerprint density at radius 2 is 2.14 bits per heavy atom. The Morgan fingerprint density at radius 1 is 1.29 bits per heavy atom. The van der Waals surface area contributed by atoms with Crippen LogP contribution in [0, 0.1) is 12.8 Å². The molecule has 0 radical (unpaired) electrons. The van der Waals surface area contributed by atoms with E-state index in [1.807, 2.05) is 32.3 Å². The number of anilines is 3. The van der Waals surface area contributed by atoms with E-state index in [9.17, 15) is 4.79 Å². The molecule has 8 nitrogen and oxygen atoms in total. The first-order valence-corrected chi connectivity index (χ1v) is 9.65. The average molecular weight is 378 g/mol. The van der Waals surface area contributed by atoms with Crippen molar-refractivity contribution in [3.63, 3.8) is 0 Å². The largest absolute Gasteiger partial charge is 0.480 e. The van der Waals surface area contributed by atoms with Gasteiger partial charge in [0.1, 0.15) is 11.3 Å². The fraction of sp³-hybridized carbons (Fsp3) is 0.400. The van der Waals surface area contributed by atoms with Crippen LogP contribution in [-0.4, -0.2) is 38.6 Å². The van der Waals surface area contributed by atoms with E-state index in [4.69, 9.17) is 4.74 Å². The third-order valence-corrected chi connectivity index (χ3v) is 5.26. The molecule has 1 aliphatic heterocycles. The number of carbonyl (C=O) groups is 1. The highest BCUT2D eigenvalue weighted by atomic mass is 16.5. The number of hydrogen-bond donors (Lipinski definition) is 1. The number of fused-ring (bicyclic) bond motifs is 2.